The average molecular weight is 332 g/mol. The third-order valence-electron chi connectivity index (χ3n) is 4.80. The number of pyridine rings is 1. The number of aliphatic hydroxyl groups is 1. The lowest BCUT2D eigenvalue weighted by Gasteiger charge is -2.18. The number of para-hydroxylation sites is 1. The lowest BCUT2D eigenvalue weighted by Crippen LogP contribution is -2.40. The summed E-state index contributed by atoms with van der Waals surface area (Å²) in [5, 5.41) is 14.6. The highest BCUT2D eigenvalue weighted by atomic mass is 16.3. The van der Waals surface area contributed by atoms with E-state index in [9.17, 15) is 9.90 Å². The van der Waals surface area contributed by atoms with Crippen LogP contribution >= 0.6 is 0 Å². The van der Waals surface area contributed by atoms with Gasteiger partial charge in [0.1, 0.15) is 6.10 Å². The zero-order chi connectivity index (χ0) is 17.2. The first-order valence-electron chi connectivity index (χ1n) is 8.65. The van der Waals surface area contributed by atoms with E-state index in [0.717, 1.165) is 41.5 Å². The summed E-state index contributed by atoms with van der Waals surface area (Å²) in [7, 11) is 0. The van der Waals surface area contributed by atoms with Gasteiger partial charge in [-0.1, -0.05) is 48.5 Å². The normalized spacial score (nSPS) is 18.4. The molecule has 1 aliphatic rings. The molecule has 0 amide bonds. The number of rotatable bonds is 4. The maximum absolute atomic E-state index is 13.0. The third kappa shape index (κ3) is 3.06. The highest BCUT2D eigenvalue weighted by Gasteiger charge is 2.30. The van der Waals surface area contributed by atoms with E-state index in [2.05, 4.69) is 5.32 Å². The Hall–Kier alpha value is -2.56. The second-order valence-electron chi connectivity index (χ2n) is 6.45. The minimum atomic E-state index is -1.03. The summed E-state index contributed by atoms with van der Waals surface area (Å²) in [5.74, 6) is -0.241. The first-order valence-corrected chi connectivity index (χ1v) is 8.65. The second kappa shape index (κ2) is 6.75. The van der Waals surface area contributed by atoms with Crippen LogP contribution < -0.4 is 5.32 Å². The Morgan fingerprint density at radius 1 is 1.12 bits per heavy atom. The average Bonchev–Trinajstić information content (AvgIpc) is 3.21. The molecule has 3 aromatic rings. The molecule has 0 saturated carbocycles. The van der Waals surface area contributed by atoms with Gasteiger partial charge in [0, 0.05) is 22.6 Å². The monoisotopic (exact) mass is 332 g/mol. The van der Waals surface area contributed by atoms with E-state index in [1.807, 2.05) is 54.6 Å². The summed E-state index contributed by atoms with van der Waals surface area (Å²) < 4.78 is 0. The molecule has 1 aromatic heterocycles. The van der Waals surface area contributed by atoms with Crippen molar-refractivity contribution in [2.24, 2.45) is 0 Å². The maximum atomic E-state index is 13.0. The molecule has 0 spiro atoms. The number of carbonyl (C=O) groups is 1. The van der Waals surface area contributed by atoms with Gasteiger partial charge >= 0.3 is 0 Å². The summed E-state index contributed by atoms with van der Waals surface area (Å²) in [6, 6.07) is 19.0. The molecule has 2 aromatic carbocycles. The van der Waals surface area contributed by atoms with Crippen LogP contribution in [0.4, 0.5) is 0 Å². The van der Waals surface area contributed by atoms with Crippen molar-refractivity contribution in [3.8, 4) is 11.3 Å². The summed E-state index contributed by atoms with van der Waals surface area (Å²) in [4.78, 5) is 17.7. The molecule has 4 rings (SSSR count). The fourth-order valence-corrected chi connectivity index (χ4v) is 3.46. The van der Waals surface area contributed by atoms with Crippen LogP contribution in [0.15, 0.2) is 60.7 Å². The zero-order valence-corrected chi connectivity index (χ0v) is 13.9. The van der Waals surface area contributed by atoms with Crippen LogP contribution in [-0.2, 0) is 0 Å². The Bertz CT molecular complexity index is 902. The Morgan fingerprint density at radius 3 is 2.64 bits per heavy atom. The first-order chi connectivity index (χ1) is 12.2. The lowest BCUT2D eigenvalue weighted by molar-refractivity contribution is 0.0678. The van der Waals surface area contributed by atoms with Crippen molar-refractivity contribution in [1.29, 1.82) is 0 Å². The quantitative estimate of drug-likeness (QED) is 0.720. The minimum absolute atomic E-state index is 0.167. The molecule has 0 radical (unpaired) electrons. The molecule has 2 heterocycles. The van der Waals surface area contributed by atoms with Crippen LogP contribution in [0.3, 0.4) is 0 Å². The zero-order valence-electron chi connectivity index (χ0n) is 13.9. The van der Waals surface area contributed by atoms with Crippen LogP contribution in [0.2, 0.25) is 0 Å². The van der Waals surface area contributed by atoms with E-state index in [-0.39, 0.29) is 11.8 Å². The Kier molecular flexibility index (Phi) is 4.30. The van der Waals surface area contributed by atoms with Gasteiger partial charge in [0.25, 0.3) is 0 Å². The van der Waals surface area contributed by atoms with E-state index in [4.69, 9.17) is 4.98 Å². The van der Waals surface area contributed by atoms with Gasteiger partial charge in [0.2, 0.25) is 0 Å². The van der Waals surface area contributed by atoms with Crippen molar-refractivity contribution in [2.45, 2.75) is 25.0 Å². The van der Waals surface area contributed by atoms with Crippen LogP contribution in [0, 0.1) is 0 Å². The summed E-state index contributed by atoms with van der Waals surface area (Å²) >= 11 is 0. The number of nitrogens with zero attached hydrogens (tertiary/aromatic N) is 1. The van der Waals surface area contributed by atoms with E-state index < -0.39 is 6.10 Å². The highest BCUT2D eigenvalue weighted by molar-refractivity contribution is 6.10. The summed E-state index contributed by atoms with van der Waals surface area (Å²) in [5.41, 5.74) is 2.99. The number of aliphatic hydroxyl groups excluding tert-OH is 1. The molecular weight excluding hydrogens is 312 g/mol. The molecule has 1 aliphatic heterocycles. The standard InChI is InChI=1S/C21H20N2O2/c24-20(21(25)18-11-6-12-22-18)16-13-19(14-7-2-1-3-8-14)23-17-10-5-4-9-15(16)17/h1-5,7-10,13,18,21-22,25H,6,11-12H2. The van der Waals surface area contributed by atoms with Crippen molar-refractivity contribution >= 4 is 16.7 Å². The molecular formula is C21H20N2O2. The van der Waals surface area contributed by atoms with Crippen molar-refractivity contribution in [2.75, 3.05) is 6.54 Å². The van der Waals surface area contributed by atoms with E-state index >= 15 is 0 Å². The van der Waals surface area contributed by atoms with Crippen LogP contribution in [0.1, 0.15) is 23.2 Å². The minimum Gasteiger partial charge on any atom is -0.383 e. The molecule has 126 valence electrons. The molecule has 4 nitrogen and oxygen atoms in total. The van der Waals surface area contributed by atoms with Gasteiger partial charge in [0.15, 0.2) is 5.78 Å². The Morgan fingerprint density at radius 2 is 1.88 bits per heavy atom. The van der Waals surface area contributed by atoms with E-state index in [0.29, 0.717) is 5.56 Å². The molecule has 2 unspecified atom stereocenters. The molecule has 0 aliphatic carbocycles. The molecule has 1 fully saturated rings. The highest BCUT2D eigenvalue weighted by Crippen LogP contribution is 2.26. The van der Waals surface area contributed by atoms with Gasteiger partial charge in [0.05, 0.1) is 11.2 Å². The molecule has 0 bridgehead atoms. The van der Waals surface area contributed by atoms with Gasteiger partial charge in [-0.3, -0.25) is 4.79 Å². The number of hydrogen-bond donors (Lipinski definition) is 2. The lowest BCUT2D eigenvalue weighted by atomic mass is 9.95. The van der Waals surface area contributed by atoms with Gasteiger partial charge in [-0.15, -0.1) is 0 Å². The number of aromatic nitrogens is 1. The fraction of sp³-hybridized carbons (Fsp3) is 0.238. The van der Waals surface area contributed by atoms with Crippen molar-refractivity contribution in [3.05, 3.63) is 66.2 Å². The van der Waals surface area contributed by atoms with Crippen molar-refractivity contribution in [3.63, 3.8) is 0 Å². The number of fused-ring (bicyclic) bond motifs is 1. The largest absolute Gasteiger partial charge is 0.383 e. The predicted octanol–water partition coefficient (Wildman–Crippen LogP) is 3.20. The third-order valence-corrected chi connectivity index (χ3v) is 4.80. The fourth-order valence-electron chi connectivity index (χ4n) is 3.46. The van der Waals surface area contributed by atoms with Gasteiger partial charge in [-0.2, -0.15) is 0 Å². The molecule has 1 saturated heterocycles. The Balaban J connectivity index is 1.82. The van der Waals surface area contributed by atoms with Crippen molar-refractivity contribution in [1.82, 2.24) is 10.3 Å². The summed E-state index contributed by atoms with van der Waals surface area (Å²) in [6.45, 7) is 0.849. The van der Waals surface area contributed by atoms with Crippen LogP contribution in [0.25, 0.3) is 22.2 Å². The first kappa shape index (κ1) is 15.9. The summed E-state index contributed by atoms with van der Waals surface area (Å²) in [6.07, 6.45) is 0.778. The van der Waals surface area contributed by atoms with Gasteiger partial charge in [-0.05, 0) is 31.5 Å². The van der Waals surface area contributed by atoms with Crippen LogP contribution in [0.5, 0.6) is 0 Å². The van der Waals surface area contributed by atoms with Gasteiger partial charge < -0.3 is 10.4 Å². The molecule has 25 heavy (non-hydrogen) atoms. The maximum Gasteiger partial charge on any atom is 0.193 e. The van der Waals surface area contributed by atoms with Crippen LogP contribution in [-0.4, -0.2) is 34.6 Å². The number of ketones is 1. The number of Topliss-reactive ketones (excluding diaryl/α,β-unsaturated/α-hetero) is 1. The van der Waals surface area contributed by atoms with E-state index in [1.54, 1.807) is 6.07 Å². The molecule has 2 N–H and O–H groups in total. The number of nitrogens with one attached hydrogen (secondary N) is 1. The number of benzene rings is 2. The predicted molar refractivity (Wildman–Crippen MR) is 98.5 cm³/mol. The van der Waals surface area contributed by atoms with Gasteiger partial charge in [-0.25, -0.2) is 4.98 Å². The van der Waals surface area contributed by atoms with Crippen molar-refractivity contribution < 1.29 is 9.90 Å². The molecule has 2 atom stereocenters. The van der Waals surface area contributed by atoms with E-state index in [1.165, 1.54) is 0 Å². The second-order valence-corrected chi connectivity index (χ2v) is 6.45. The number of carbonyl (C=O) groups excluding carboxylic acids is 1. The Labute approximate surface area is 146 Å². The molecule has 4 heteroatoms. The topological polar surface area (TPSA) is 62.2 Å². The SMILES string of the molecule is O=C(c1cc(-c2ccccc2)nc2ccccc12)C(O)C1CCCN1. The number of hydrogen-bond acceptors (Lipinski definition) is 4. The smallest absolute Gasteiger partial charge is 0.193 e.